The van der Waals surface area contributed by atoms with Gasteiger partial charge in [0, 0.05) is 38.6 Å². The van der Waals surface area contributed by atoms with Crippen LogP contribution in [0.3, 0.4) is 0 Å². The number of quaternary nitrogens is 1. The Kier molecular flexibility index (Phi) is 14.5. The molecule has 0 aromatic rings. The molecule has 2 heterocycles. The van der Waals surface area contributed by atoms with Crippen molar-refractivity contribution in [2.45, 2.75) is 121 Å². The normalized spacial score (nSPS) is 24.3. The van der Waals surface area contributed by atoms with E-state index in [1.165, 1.54) is 81.9 Å². The largest absolute Gasteiger partial charge is 0.370 e. The Bertz CT molecular complexity index is 604. The van der Waals surface area contributed by atoms with Gasteiger partial charge in [-0.15, -0.1) is 6.58 Å². The van der Waals surface area contributed by atoms with Gasteiger partial charge in [-0.05, 0) is 38.2 Å². The van der Waals surface area contributed by atoms with Crippen LogP contribution in [0.15, 0.2) is 29.8 Å². The van der Waals surface area contributed by atoms with Gasteiger partial charge in [0.1, 0.15) is 0 Å². The van der Waals surface area contributed by atoms with Crippen molar-refractivity contribution < 1.29 is 10.0 Å². The molecule has 1 fully saturated rings. The van der Waals surface area contributed by atoms with Crippen LogP contribution in [0.2, 0.25) is 0 Å². The van der Waals surface area contributed by atoms with Gasteiger partial charge in [0.15, 0.2) is 12.1 Å². The molecule has 0 aromatic carbocycles. The average Bonchev–Trinajstić information content (AvgIpc) is 3.16. The number of unbranched alkanes of at least 4 members (excludes halogenated alkanes) is 13. The van der Waals surface area contributed by atoms with Crippen LogP contribution in [-0.4, -0.2) is 54.0 Å². The molecule has 6 heteroatoms. The van der Waals surface area contributed by atoms with E-state index >= 15 is 0 Å². The molecule has 0 amide bonds. The number of nitrogens with zero attached hydrogens (tertiary/aromatic N) is 2. The van der Waals surface area contributed by atoms with Crippen molar-refractivity contribution in [3.05, 3.63) is 24.8 Å². The predicted octanol–water partition coefficient (Wildman–Crippen LogP) is 3.86. The molecule has 0 radical (unpaired) electrons. The Morgan fingerprint density at radius 3 is 2.21 bits per heavy atom. The van der Waals surface area contributed by atoms with Gasteiger partial charge in [-0.1, -0.05) is 70.3 Å². The molecule has 34 heavy (non-hydrogen) atoms. The van der Waals surface area contributed by atoms with E-state index in [0.717, 1.165) is 51.7 Å². The minimum absolute atomic E-state index is 0.179. The molecule has 2 aliphatic heterocycles. The third kappa shape index (κ3) is 10.9. The smallest absolute Gasteiger partial charge is 0.220 e. The fourth-order valence-corrected chi connectivity index (χ4v) is 5.63. The number of fused-ring (bicyclic) bond motifs is 1. The molecular weight excluding hydrogens is 422 g/mol. The first-order valence-corrected chi connectivity index (χ1v) is 14.2. The van der Waals surface area contributed by atoms with Crippen LogP contribution in [0.25, 0.3) is 0 Å². The van der Waals surface area contributed by atoms with E-state index in [-0.39, 0.29) is 5.96 Å². The number of nitrogens with one attached hydrogen (secondary N) is 1. The van der Waals surface area contributed by atoms with Crippen LogP contribution in [0, 0.1) is 0 Å². The maximum Gasteiger partial charge on any atom is 0.220 e. The molecule has 2 rings (SSSR count). The lowest BCUT2D eigenvalue weighted by Gasteiger charge is -2.42. The maximum absolute atomic E-state index is 11.4. The van der Waals surface area contributed by atoms with E-state index < -0.39 is 5.72 Å². The van der Waals surface area contributed by atoms with Crippen molar-refractivity contribution in [1.29, 1.82) is 0 Å². The Labute approximate surface area is 209 Å². The van der Waals surface area contributed by atoms with Gasteiger partial charge in [0.25, 0.3) is 0 Å². The average molecular weight is 477 g/mol. The van der Waals surface area contributed by atoms with Gasteiger partial charge in [-0.25, -0.2) is 0 Å². The highest BCUT2D eigenvalue weighted by molar-refractivity contribution is 5.75. The summed E-state index contributed by atoms with van der Waals surface area (Å²) in [5.41, 5.74) is 10.1. The SMILES string of the molecule is C=CCCCCCCCCCCCCCCC1(O)C=CC2N(CCCCN=C(N)N)CCC[NH+]21. The summed E-state index contributed by atoms with van der Waals surface area (Å²) in [5, 5.41) is 11.4. The Morgan fingerprint density at radius 1 is 0.971 bits per heavy atom. The first-order valence-electron chi connectivity index (χ1n) is 14.2. The highest BCUT2D eigenvalue weighted by atomic mass is 16.3. The molecule has 0 aliphatic carbocycles. The molecule has 196 valence electrons. The van der Waals surface area contributed by atoms with Crippen molar-refractivity contribution in [2.75, 3.05) is 26.2 Å². The third-order valence-corrected chi connectivity index (χ3v) is 7.62. The monoisotopic (exact) mass is 476 g/mol. The van der Waals surface area contributed by atoms with Crippen LogP contribution in [0.5, 0.6) is 0 Å². The number of aliphatic imine (C=N–C) groups is 1. The molecule has 1 saturated heterocycles. The number of allylic oxidation sites excluding steroid dienone is 1. The molecule has 0 saturated carbocycles. The summed E-state index contributed by atoms with van der Waals surface area (Å²) in [5.74, 6) is 0.179. The number of aliphatic hydroxyl groups is 1. The topological polar surface area (TPSA) is 92.3 Å². The highest BCUT2D eigenvalue weighted by Crippen LogP contribution is 2.21. The standard InChI is InChI=1S/C28H53N5O/c1-2-3-4-5-6-7-8-9-10-11-12-13-14-15-20-28(34)21-19-26-32(24-18-25-33(26)28)23-17-16-22-31-27(29)30/h2,19,21,26,34H,1,3-18,20,22-25H2,(H4,29,30,31)/p+1. The third-order valence-electron chi connectivity index (χ3n) is 7.62. The fraction of sp³-hybridized carbons (Fsp3) is 0.821. The predicted molar refractivity (Wildman–Crippen MR) is 145 cm³/mol. The number of nitrogens with two attached hydrogens (primary N) is 2. The minimum atomic E-state index is -0.673. The highest BCUT2D eigenvalue weighted by Gasteiger charge is 2.48. The Morgan fingerprint density at radius 2 is 1.59 bits per heavy atom. The van der Waals surface area contributed by atoms with E-state index in [9.17, 15) is 5.11 Å². The fourth-order valence-electron chi connectivity index (χ4n) is 5.63. The van der Waals surface area contributed by atoms with Crippen LogP contribution in [0.4, 0.5) is 0 Å². The van der Waals surface area contributed by atoms with Gasteiger partial charge >= 0.3 is 0 Å². The van der Waals surface area contributed by atoms with Crippen molar-refractivity contribution in [3.8, 4) is 0 Å². The minimum Gasteiger partial charge on any atom is -0.370 e. The zero-order valence-electron chi connectivity index (χ0n) is 21.9. The van der Waals surface area contributed by atoms with Crippen molar-refractivity contribution in [2.24, 2.45) is 16.5 Å². The molecule has 6 N–H and O–H groups in total. The van der Waals surface area contributed by atoms with Crippen LogP contribution < -0.4 is 16.4 Å². The van der Waals surface area contributed by atoms with Crippen LogP contribution >= 0.6 is 0 Å². The second-order valence-electron chi connectivity index (χ2n) is 10.5. The zero-order valence-corrected chi connectivity index (χ0v) is 21.9. The molecule has 0 aromatic heterocycles. The van der Waals surface area contributed by atoms with Gasteiger partial charge < -0.3 is 16.6 Å². The molecule has 0 bridgehead atoms. The first kappa shape index (κ1) is 28.9. The zero-order chi connectivity index (χ0) is 24.5. The number of guanidine groups is 1. The van der Waals surface area contributed by atoms with Gasteiger partial charge in [-0.2, -0.15) is 0 Å². The van der Waals surface area contributed by atoms with Crippen molar-refractivity contribution in [1.82, 2.24) is 4.90 Å². The molecular formula is C28H54N5O+. The first-order chi connectivity index (χ1) is 16.6. The second kappa shape index (κ2) is 17.1. The molecule has 3 unspecified atom stereocenters. The Balaban J connectivity index is 1.51. The van der Waals surface area contributed by atoms with E-state index in [0.29, 0.717) is 12.7 Å². The summed E-state index contributed by atoms with van der Waals surface area (Å²) in [6.45, 7) is 7.72. The summed E-state index contributed by atoms with van der Waals surface area (Å²) < 4.78 is 0. The van der Waals surface area contributed by atoms with Crippen molar-refractivity contribution in [3.63, 3.8) is 0 Å². The van der Waals surface area contributed by atoms with Gasteiger partial charge in [0.2, 0.25) is 5.72 Å². The number of rotatable bonds is 20. The lowest BCUT2D eigenvalue weighted by atomic mass is 10.0. The second-order valence-corrected chi connectivity index (χ2v) is 10.5. The molecule has 6 nitrogen and oxygen atoms in total. The summed E-state index contributed by atoms with van der Waals surface area (Å²) in [4.78, 5) is 7.95. The van der Waals surface area contributed by atoms with Gasteiger partial charge in [-0.3, -0.25) is 14.8 Å². The van der Waals surface area contributed by atoms with Gasteiger partial charge in [0.05, 0.1) is 6.54 Å². The van der Waals surface area contributed by atoms with E-state index in [4.69, 9.17) is 11.5 Å². The van der Waals surface area contributed by atoms with E-state index in [1.807, 2.05) is 6.08 Å². The van der Waals surface area contributed by atoms with E-state index in [1.54, 1.807) is 0 Å². The summed E-state index contributed by atoms with van der Waals surface area (Å²) in [6, 6.07) is 0. The van der Waals surface area contributed by atoms with Crippen molar-refractivity contribution >= 4 is 5.96 Å². The Hall–Kier alpha value is -1.37. The molecule has 2 aliphatic rings. The maximum atomic E-state index is 11.4. The van der Waals surface area contributed by atoms with Crippen LogP contribution in [-0.2, 0) is 0 Å². The summed E-state index contributed by atoms with van der Waals surface area (Å²) in [7, 11) is 0. The molecule has 0 spiro atoms. The quantitative estimate of drug-likeness (QED) is 0.0929. The lowest BCUT2D eigenvalue weighted by Crippen LogP contribution is -3.24. The van der Waals surface area contributed by atoms with Crippen LogP contribution in [0.1, 0.15) is 109 Å². The lowest BCUT2D eigenvalue weighted by molar-refractivity contribution is -0.995. The number of hydrogen-bond acceptors (Lipinski definition) is 3. The number of hydrogen-bond donors (Lipinski definition) is 4. The molecule has 3 atom stereocenters. The summed E-state index contributed by atoms with van der Waals surface area (Å²) >= 11 is 0. The summed E-state index contributed by atoms with van der Waals surface area (Å²) in [6.07, 6.45) is 28.1. The van der Waals surface area contributed by atoms with E-state index in [2.05, 4.69) is 28.6 Å².